The molecule has 1 saturated carbocycles. The maximum Gasteiger partial charge on any atom is 0.333 e. The maximum absolute atomic E-state index is 12.6. The third kappa shape index (κ3) is 6.15. The van der Waals surface area contributed by atoms with E-state index in [-0.39, 0.29) is 30.8 Å². The lowest BCUT2D eigenvalue weighted by Crippen LogP contribution is -2.54. The molecule has 172 valence electrons. The van der Waals surface area contributed by atoms with Crippen LogP contribution in [-0.4, -0.2) is 60.7 Å². The molecule has 0 spiro atoms. The number of hydrogen-bond acceptors (Lipinski definition) is 8. The van der Waals surface area contributed by atoms with E-state index in [0.717, 1.165) is 0 Å². The number of rotatable bonds is 9. The van der Waals surface area contributed by atoms with Gasteiger partial charge in [-0.1, -0.05) is 26.2 Å². The molecule has 0 aromatic rings. The average Bonchev–Trinajstić information content (AvgIpc) is 2.71. The van der Waals surface area contributed by atoms with Crippen LogP contribution >= 0.6 is 0 Å². The molecule has 1 aliphatic carbocycles. The lowest BCUT2D eigenvalue weighted by Gasteiger charge is -2.50. The second-order valence-electron chi connectivity index (χ2n) is 7.87. The van der Waals surface area contributed by atoms with Crippen LogP contribution in [0, 0.1) is 17.3 Å². The van der Waals surface area contributed by atoms with Crippen molar-refractivity contribution in [2.24, 2.45) is 17.3 Å². The highest BCUT2D eigenvalue weighted by Gasteiger charge is 2.53. The minimum atomic E-state index is -1.24. The van der Waals surface area contributed by atoms with Crippen LogP contribution in [0.4, 0.5) is 0 Å². The van der Waals surface area contributed by atoms with Gasteiger partial charge in [-0.15, -0.1) is 6.58 Å². The molecular formula is C23H32O8. The zero-order valence-corrected chi connectivity index (χ0v) is 18.6. The first-order chi connectivity index (χ1) is 14.4. The Labute approximate surface area is 182 Å². The highest BCUT2D eigenvalue weighted by Crippen LogP contribution is 2.50. The molecular weight excluding hydrogens is 404 g/mol. The largest absolute Gasteiger partial charge is 0.466 e. The summed E-state index contributed by atoms with van der Waals surface area (Å²) in [6.07, 6.45) is 1.03. The first kappa shape index (κ1) is 26.3. The Hall–Kier alpha value is -2.71. The Bertz CT molecular complexity index is 780. The number of methoxy groups -OCH3 is 1. The number of esters is 3. The van der Waals surface area contributed by atoms with E-state index in [1.165, 1.54) is 27.0 Å². The van der Waals surface area contributed by atoms with Crippen LogP contribution in [0.25, 0.3) is 0 Å². The zero-order valence-electron chi connectivity index (χ0n) is 18.6. The Morgan fingerprint density at radius 3 is 2.29 bits per heavy atom. The van der Waals surface area contributed by atoms with Gasteiger partial charge >= 0.3 is 17.9 Å². The van der Waals surface area contributed by atoms with Crippen LogP contribution in [-0.2, 0) is 28.6 Å². The van der Waals surface area contributed by atoms with E-state index in [9.17, 15) is 24.6 Å². The normalized spacial score (nSPS) is 28.3. The van der Waals surface area contributed by atoms with Gasteiger partial charge in [0.2, 0.25) is 0 Å². The Morgan fingerprint density at radius 2 is 1.81 bits per heavy atom. The summed E-state index contributed by atoms with van der Waals surface area (Å²) in [5.41, 5.74) is -0.289. The standard InChI is InChI=1S/C23H32O8/c1-8-23(6)11-17(31-21(27)13(2)9-10-30-16(5)25)18(15(4)22(28)29-7)20(26)19(23)14(3)12-24/h8-9,17-20,24,26H,1,3-4,10-12H2,2,5-7H3. The van der Waals surface area contributed by atoms with E-state index < -0.39 is 47.4 Å². The fourth-order valence-electron chi connectivity index (χ4n) is 3.93. The molecule has 0 saturated heterocycles. The van der Waals surface area contributed by atoms with Gasteiger partial charge in [0.05, 0.1) is 25.7 Å². The molecule has 0 aliphatic heterocycles. The number of hydrogen-bond donors (Lipinski definition) is 2. The molecule has 5 atom stereocenters. The van der Waals surface area contributed by atoms with Gasteiger partial charge in [0.15, 0.2) is 0 Å². The average molecular weight is 437 g/mol. The molecule has 0 aromatic carbocycles. The van der Waals surface area contributed by atoms with Crippen LogP contribution in [0.3, 0.4) is 0 Å². The lowest BCUT2D eigenvalue weighted by atomic mass is 9.58. The molecule has 0 heterocycles. The van der Waals surface area contributed by atoms with Gasteiger partial charge < -0.3 is 24.4 Å². The Balaban J connectivity index is 3.30. The molecule has 8 nitrogen and oxygen atoms in total. The summed E-state index contributed by atoms with van der Waals surface area (Å²) in [5.74, 6) is -3.57. The van der Waals surface area contributed by atoms with E-state index in [2.05, 4.69) is 19.7 Å². The van der Waals surface area contributed by atoms with Crippen LogP contribution in [0.1, 0.15) is 27.2 Å². The maximum atomic E-state index is 12.6. The number of allylic oxidation sites excluding steroid dienone is 1. The summed E-state index contributed by atoms with van der Waals surface area (Å²) in [6, 6.07) is 0. The zero-order chi connectivity index (χ0) is 23.9. The number of aliphatic hydroxyl groups excluding tert-OH is 2. The summed E-state index contributed by atoms with van der Waals surface area (Å²) < 4.78 is 15.2. The van der Waals surface area contributed by atoms with E-state index in [0.29, 0.717) is 5.57 Å². The van der Waals surface area contributed by atoms with Crippen LogP contribution in [0.2, 0.25) is 0 Å². The highest BCUT2D eigenvalue weighted by molar-refractivity contribution is 5.89. The van der Waals surface area contributed by atoms with Crippen molar-refractivity contribution in [3.05, 3.63) is 48.6 Å². The quantitative estimate of drug-likeness (QED) is 0.243. The summed E-state index contributed by atoms with van der Waals surface area (Å²) in [6.45, 7) is 15.5. The second kappa shape index (κ2) is 11.1. The van der Waals surface area contributed by atoms with Crippen molar-refractivity contribution in [1.29, 1.82) is 0 Å². The van der Waals surface area contributed by atoms with Crippen molar-refractivity contribution in [2.45, 2.75) is 39.4 Å². The van der Waals surface area contributed by atoms with Crippen molar-refractivity contribution in [3.63, 3.8) is 0 Å². The fourth-order valence-corrected chi connectivity index (χ4v) is 3.93. The first-order valence-corrected chi connectivity index (χ1v) is 9.81. The molecule has 1 fully saturated rings. The van der Waals surface area contributed by atoms with Crippen LogP contribution in [0.5, 0.6) is 0 Å². The molecule has 1 aliphatic rings. The first-order valence-electron chi connectivity index (χ1n) is 9.81. The minimum absolute atomic E-state index is 0.0591. The summed E-state index contributed by atoms with van der Waals surface area (Å²) >= 11 is 0. The summed E-state index contributed by atoms with van der Waals surface area (Å²) in [7, 11) is 1.18. The van der Waals surface area contributed by atoms with Crippen molar-refractivity contribution in [2.75, 3.05) is 20.3 Å². The van der Waals surface area contributed by atoms with E-state index in [1.54, 1.807) is 13.0 Å². The van der Waals surface area contributed by atoms with Gasteiger partial charge in [0.1, 0.15) is 12.7 Å². The topological polar surface area (TPSA) is 119 Å². The van der Waals surface area contributed by atoms with E-state index in [1.807, 2.05) is 0 Å². The predicted molar refractivity (Wildman–Crippen MR) is 114 cm³/mol. The van der Waals surface area contributed by atoms with E-state index in [4.69, 9.17) is 14.2 Å². The molecule has 0 radical (unpaired) electrons. The Kier molecular flexibility index (Phi) is 9.40. The molecule has 0 amide bonds. The van der Waals surface area contributed by atoms with E-state index >= 15 is 0 Å². The minimum Gasteiger partial charge on any atom is -0.466 e. The van der Waals surface area contributed by atoms with Crippen molar-refractivity contribution < 1.29 is 38.8 Å². The van der Waals surface area contributed by atoms with Gasteiger partial charge in [0, 0.05) is 24.0 Å². The summed E-state index contributed by atoms with van der Waals surface area (Å²) in [5, 5.41) is 20.8. The second-order valence-corrected chi connectivity index (χ2v) is 7.87. The number of carbonyl (C=O) groups is 3. The summed E-state index contributed by atoms with van der Waals surface area (Å²) in [4.78, 5) is 35.7. The molecule has 8 heteroatoms. The SMILES string of the molecule is C=CC1(C)CC(OC(=O)C(C)=CCOC(C)=O)C(C(=C)C(=O)OC)C(O)C1C(=C)CO. The number of carbonyl (C=O) groups excluding carboxylic acids is 3. The predicted octanol–water partition coefficient (Wildman–Crippen LogP) is 1.87. The smallest absolute Gasteiger partial charge is 0.333 e. The number of aliphatic hydroxyl groups is 2. The molecule has 5 unspecified atom stereocenters. The molecule has 1 rings (SSSR count). The monoisotopic (exact) mass is 436 g/mol. The fraction of sp³-hybridized carbons (Fsp3) is 0.522. The van der Waals surface area contributed by atoms with Gasteiger partial charge in [-0.25, -0.2) is 9.59 Å². The van der Waals surface area contributed by atoms with Gasteiger partial charge in [-0.2, -0.15) is 0 Å². The Morgan fingerprint density at radius 1 is 1.19 bits per heavy atom. The molecule has 0 aromatic heterocycles. The van der Waals surface area contributed by atoms with Gasteiger partial charge in [-0.05, 0) is 30.4 Å². The van der Waals surface area contributed by atoms with Crippen molar-refractivity contribution in [3.8, 4) is 0 Å². The van der Waals surface area contributed by atoms with Crippen LogP contribution in [0.15, 0.2) is 48.6 Å². The van der Waals surface area contributed by atoms with Gasteiger partial charge in [-0.3, -0.25) is 4.79 Å². The van der Waals surface area contributed by atoms with Crippen molar-refractivity contribution in [1.82, 2.24) is 0 Å². The third-order valence-corrected chi connectivity index (χ3v) is 5.68. The van der Waals surface area contributed by atoms with Crippen molar-refractivity contribution >= 4 is 17.9 Å². The molecule has 0 bridgehead atoms. The number of ether oxygens (including phenoxy) is 3. The lowest BCUT2D eigenvalue weighted by molar-refractivity contribution is -0.161. The molecule has 31 heavy (non-hydrogen) atoms. The van der Waals surface area contributed by atoms with Crippen LogP contribution < -0.4 is 0 Å². The highest BCUT2D eigenvalue weighted by atomic mass is 16.5. The third-order valence-electron chi connectivity index (χ3n) is 5.68. The molecule has 2 N–H and O–H groups in total. The van der Waals surface area contributed by atoms with Gasteiger partial charge in [0.25, 0.3) is 0 Å².